The van der Waals surface area contributed by atoms with Crippen molar-refractivity contribution in [2.24, 2.45) is 0 Å². The molecular weight excluding hydrogens is 298 g/mol. The molecule has 8 heteroatoms. The first kappa shape index (κ1) is 14.2. The normalized spacial score (nSPS) is 22.3. The number of nitrogens with zero attached hydrogens (tertiary/aromatic N) is 1. The molecule has 1 aliphatic heterocycles. The first-order chi connectivity index (χ1) is 8.45. The van der Waals surface area contributed by atoms with Crippen LogP contribution in [0.5, 0.6) is 0 Å². The highest BCUT2D eigenvalue weighted by atomic mass is 35.5. The fourth-order valence-electron chi connectivity index (χ4n) is 1.71. The molecule has 0 radical (unpaired) electrons. The minimum atomic E-state index is -3.53. The first-order valence-corrected chi connectivity index (χ1v) is 8.07. The van der Waals surface area contributed by atoms with E-state index in [1.807, 2.05) is 0 Å². The van der Waals surface area contributed by atoms with E-state index in [1.165, 1.54) is 4.31 Å². The van der Waals surface area contributed by atoms with Gasteiger partial charge in [0.1, 0.15) is 4.21 Å². The van der Waals surface area contributed by atoms with Gasteiger partial charge in [0.2, 0.25) is 0 Å². The maximum Gasteiger partial charge on any atom is 0.252 e. The highest BCUT2D eigenvalue weighted by Gasteiger charge is 2.31. The number of hydrogen-bond donors (Lipinski definition) is 1. The van der Waals surface area contributed by atoms with Gasteiger partial charge in [0.15, 0.2) is 0 Å². The second-order valence-electron chi connectivity index (χ2n) is 4.06. The lowest BCUT2D eigenvalue weighted by Gasteiger charge is -2.30. The topological polar surface area (TPSA) is 66.8 Å². The van der Waals surface area contributed by atoms with Crippen molar-refractivity contribution < 1.29 is 18.3 Å². The lowest BCUT2D eigenvalue weighted by atomic mass is 10.3. The van der Waals surface area contributed by atoms with Crippen LogP contribution in [0.4, 0.5) is 0 Å². The number of rotatable bonds is 3. The van der Waals surface area contributed by atoms with Crippen LogP contribution in [0.1, 0.15) is 5.56 Å². The Hall–Kier alpha value is -0.180. The molecule has 1 fully saturated rings. The van der Waals surface area contributed by atoms with Gasteiger partial charge in [0, 0.05) is 13.1 Å². The third-order valence-corrected chi connectivity index (χ3v) is 6.60. The Morgan fingerprint density at radius 1 is 1.67 bits per heavy atom. The number of ether oxygens (including phenoxy) is 1. The Morgan fingerprint density at radius 3 is 2.94 bits per heavy atom. The van der Waals surface area contributed by atoms with Gasteiger partial charge in [-0.25, -0.2) is 8.42 Å². The highest BCUT2D eigenvalue weighted by molar-refractivity contribution is 7.91. The predicted octanol–water partition coefficient (Wildman–Crippen LogP) is 1.09. The van der Waals surface area contributed by atoms with Crippen LogP contribution in [0.25, 0.3) is 0 Å². The van der Waals surface area contributed by atoms with E-state index in [2.05, 4.69) is 0 Å². The Bertz CT molecular complexity index is 508. The highest BCUT2D eigenvalue weighted by Crippen LogP contribution is 2.32. The fraction of sp³-hybridized carbons (Fsp3) is 0.600. The lowest BCUT2D eigenvalue weighted by Crippen LogP contribution is -2.46. The molecule has 1 unspecified atom stereocenters. The van der Waals surface area contributed by atoms with Crippen LogP contribution in [0, 0.1) is 6.92 Å². The molecule has 1 saturated heterocycles. The van der Waals surface area contributed by atoms with Gasteiger partial charge in [-0.15, -0.1) is 11.3 Å². The van der Waals surface area contributed by atoms with Crippen LogP contribution in [-0.2, 0) is 14.8 Å². The number of halogens is 1. The molecule has 0 amide bonds. The summed E-state index contributed by atoms with van der Waals surface area (Å²) in [5.41, 5.74) is 0.757. The van der Waals surface area contributed by atoms with Crippen molar-refractivity contribution in [1.29, 1.82) is 0 Å². The summed E-state index contributed by atoms with van der Waals surface area (Å²) in [7, 11) is -3.53. The summed E-state index contributed by atoms with van der Waals surface area (Å²) in [5.74, 6) is 0. The summed E-state index contributed by atoms with van der Waals surface area (Å²) in [6.07, 6.45) is -0.454. The third-order valence-electron chi connectivity index (χ3n) is 2.73. The largest absolute Gasteiger partial charge is 0.394 e. The molecule has 1 aromatic heterocycles. The molecule has 0 aromatic carbocycles. The molecule has 0 bridgehead atoms. The second-order valence-corrected chi connectivity index (χ2v) is 7.88. The number of thiophene rings is 1. The zero-order chi connectivity index (χ0) is 13.3. The number of sulfonamides is 1. The maximum atomic E-state index is 12.4. The van der Waals surface area contributed by atoms with Crippen LogP contribution >= 0.6 is 22.9 Å². The van der Waals surface area contributed by atoms with Crippen molar-refractivity contribution in [3.05, 3.63) is 16.0 Å². The van der Waals surface area contributed by atoms with Crippen LogP contribution in [-0.4, -0.2) is 50.2 Å². The summed E-state index contributed by atoms with van der Waals surface area (Å²) in [5, 5.41) is 9.03. The third kappa shape index (κ3) is 2.71. The molecule has 0 spiro atoms. The predicted molar refractivity (Wildman–Crippen MR) is 69.7 cm³/mol. The second kappa shape index (κ2) is 5.44. The quantitative estimate of drug-likeness (QED) is 0.907. The van der Waals surface area contributed by atoms with Gasteiger partial charge < -0.3 is 9.84 Å². The zero-order valence-corrected chi connectivity index (χ0v) is 12.2. The average molecular weight is 312 g/mol. The van der Waals surface area contributed by atoms with Crippen molar-refractivity contribution >= 4 is 33.0 Å². The monoisotopic (exact) mass is 311 g/mol. The average Bonchev–Trinajstić information content (AvgIpc) is 2.70. The van der Waals surface area contributed by atoms with E-state index in [9.17, 15) is 8.42 Å². The Labute approximate surface area is 115 Å². The number of hydrogen-bond acceptors (Lipinski definition) is 5. The van der Waals surface area contributed by atoms with Gasteiger partial charge in [-0.05, 0) is 18.6 Å². The van der Waals surface area contributed by atoms with Crippen molar-refractivity contribution in [1.82, 2.24) is 4.31 Å². The number of morpholine rings is 1. The number of aliphatic hydroxyl groups is 1. The van der Waals surface area contributed by atoms with E-state index in [0.717, 1.165) is 16.9 Å². The van der Waals surface area contributed by atoms with Gasteiger partial charge in [0.05, 0.1) is 23.7 Å². The Kier molecular flexibility index (Phi) is 4.30. The van der Waals surface area contributed by atoms with E-state index < -0.39 is 16.1 Å². The molecular formula is C10H14ClNO4S2. The smallest absolute Gasteiger partial charge is 0.252 e. The van der Waals surface area contributed by atoms with Crippen molar-refractivity contribution in [3.63, 3.8) is 0 Å². The molecule has 0 aliphatic carbocycles. The molecule has 2 rings (SSSR count). The van der Waals surface area contributed by atoms with E-state index >= 15 is 0 Å². The van der Waals surface area contributed by atoms with Gasteiger partial charge in [-0.1, -0.05) is 11.6 Å². The minimum Gasteiger partial charge on any atom is -0.394 e. The summed E-state index contributed by atoms with van der Waals surface area (Å²) in [6.45, 7) is 2.35. The molecule has 1 N–H and O–H groups in total. The molecule has 18 heavy (non-hydrogen) atoms. The molecule has 1 aliphatic rings. The van der Waals surface area contributed by atoms with E-state index in [1.54, 1.807) is 13.0 Å². The Balaban J connectivity index is 2.25. The molecule has 1 aromatic rings. The molecule has 1 atom stereocenters. The van der Waals surface area contributed by atoms with Gasteiger partial charge in [-0.3, -0.25) is 0 Å². The zero-order valence-electron chi connectivity index (χ0n) is 9.80. The van der Waals surface area contributed by atoms with Crippen molar-refractivity contribution in [2.45, 2.75) is 17.2 Å². The van der Waals surface area contributed by atoms with Crippen molar-refractivity contribution in [2.75, 3.05) is 26.3 Å². The lowest BCUT2D eigenvalue weighted by molar-refractivity contribution is -0.0304. The van der Waals surface area contributed by atoms with Gasteiger partial charge in [-0.2, -0.15) is 4.31 Å². The van der Waals surface area contributed by atoms with E-state index in [4.69, 9.17) is 21.4 Å². The molecule has 102 valence electrons. The standard InChI is InChI=1S/C10H14ClNO4S2/c1-7-4-9(17-10(7)11)18(14,15)12-2-3-16-8(5-12)6-13/h4,8,13H,2-3,5-6H2,1H3. The van der Waals surface area contributed by atoms with Crippen LogP contribution in [0.3, 0.4) is 0 Å². The molecule has 2 heterocycles. The Morgan fingerprint density at radius 2 is 2.39 bits per heavy atom. The summed E-state index contributed by atoms with van der Waals surface area (Å²) >= 11 is 6.96. The number of aliphatic hydroxyl groups excluding tert-OH is 1. The van der Waals surface area contributed by atoms with Gasteiger partial charge in [0.25, 0.3) is 10.0 Å². The van der Waals surface area contributed by atoms with E-state index in [0.29, 0.717) is 17.5 Å². The minimum absolute atomic E-state index is 0.174. The molecule has 0 saturated carbocycles. The van der Waals surface area contributed by atoms with Crippen molar-refractivity contribution in [3.8, 4) is 0 Å². The summed E-state index contributed by atoms with van der Waals surface area (Å²) in [4.78, 5) is 0. The first-order valence-electron chi connectivity index (χ1n) is 5.43. The van der Waals surface area contributed by atoms with Crippen LogP contribution in [0.2, 0.25) is 4.34 Å². The summed E-state index contributed by atoms with van der Waals surface area (Å²) < 4.78 is 32.0. The maximum absolute atomic E-state index is 12.4. The number of aryl methyl sites for hydroxylation is 1. The fourth-order valence-corrected chi connectivity index (χ4v) is 5.03. The van der Waals surface area contributed by atoms with Crippen LogP contribution in [0.15, 0.2) is 10.3 Å². The van der Waals surface area contributed by atoms with E-state index in [-0.39, 0.29) is 17.4 Å². The van der Waals surface area contributed by atoms with Crippen LogP contribution < -0.4 is 0 Å². The SMILES string of the molecule is Cc1cc(S(=O)(=O)N2CCOC(CO)C2)sc1Cl. The van der Waals surface area contributed by atoms with Gasteiger partial charge >= 0.3 is 0 Å². The molecule has 5 nitrogen and oxygen atoms in total. The summed E-state index contributed by atoms with van der Waals surface area (Å²) in [6, 6.07) is 1.58.